The summed E-state index contributed by atoms with van der Waals surface area (Å²) in [4.78, 5) is 0. The van der Waals surface area contributed by atoms with Gasteiger partial charge in [-0.2, -0.15) is 0 Å². The van der Waals surface area contributed by atoms with E-state index >= 15 is 0 Å². The van der Waals surface area contributed by atoms with Crippen molar-refractivity contribution < 1.29 is 4.74 Å². The fourth-order valence-electron chi connectivity index (χ4n) is 1.01. The Morgan fingerprint density at radius 1 is 1.50 bits per heavy atom. The van der Waals surface area contributed by atoms with Gasteiger partial charge < -0.3 is 4.74 Å². The van der Waals surface area contributed by atoms with Gasteiger partial charge in [-0.15, -0.1) is 10.2 Å². The molecule has 1 aliphatic rings. The van der Waals surface area contributed by atoms with Crippen molar-refractivity contribution in [2.45, 2.75) is 0 Å². The first-order valence-corrected chi connectivity index (χ1v) is 2.95. The largest absolute Gasteiger partial charge is 0.445 e. The lowest BCUT2D eigenvalue weighted by molar-refractivity contribution is 0.651. The lowest BCUT2D eigenvalue weighted by Gasteiger charge is -1.79. The molecule has 4 heteroatoms. The third-order valence-corrected chi connectivity index (χ3v) is 1.56. The predicted molar refractivity (Wildman–Crippen MR) is 33.1 cm³/mol. The van der Waals surface area contributed by atoms with E-state index in [1.807, 2.05) is 16.7 Å². The number of hydrogen-bond acceptors (Lipinski definition) is 3. The van der Waals surface area contributed by atoms with Crippen molar-refractivity contribution in [1.82, 2.24) is 14.6 Å². The zero-order valence-corrected chi connectivity index (χ0v) is 4.98. The molecule has 3 heterocycles. The summed E-state index contributed by atoms with van der Waals surface area (Å²) in [5.41, 5.74) is 0.803. The highest BCUT2D eigenvalue weighted by Gasteiger charge is 2.24. The van der Waals surface area contributed by atoms with E-state index < -0.39 is 0 Å². The lowest BCUT2D eigenvalue weighted by atomic mass is 10.5. The lowest BCUT2D eigenvalue weighted by Crippen LogP contribution is -1.74. The van der Waals surface area contributed by atoms with Crippen LogP contribution in [0.5, 0.6) is 11.5 Å². The smallest absolute Gasteiger partial charge is 0.215 e. The number of pyridine rings is 1. The number of hydrogen-bond donors (Lipinski definition) is 0. The molecule has 0 saturated heterocycles. The van der Waals surface area contributed by atoms with Gasteiger partial charge in [0.1, 0.15) is 6.33 Å². The van der Waals surface area contributed by atoms with Crippen LogP contribution in [0.2, 0.25) is 0 Å². The maximum atomic E-state index is 5.09. The van der Waals surface area contributed by atoms with Gasteiger partial charge in [-0.05, 0) is 0 Å². The third-order valence-electron chi connectivity index (χ3n) is 1.56. The molecule has 0 fully saturated rings. The van der Waals surface area contributed by atoms with Gasteiger partial charge in [-0.25, -0.2) is 0 Å². The summed E-state index contributed by atoms with van der Waals surface area (Å²) in [6.45, 7) is 0. The van der Waals surface area contributed by atoms with Crippen molar-refractivity contribution in [3.8, 4) is 11.5 Å². The van der Waals surface area contributed by atoms with Crippen molar-refractivity contribution in [2.24, 2.45) is 0 Å². The van der Waals surface area contributed by atoms with Crippen LogP contribution >= 0.6 is 0 Å². The van der Waals surface area contributed by atoms with Gasteiger partial charge in [-0.3, -0.25) is 4.40 Å². The molecule has 0 aliphatic carbocycles. The van der Waals surface area contributed by atoms with Crippen LogP contribution in [0.15, 0.2) is 18.6 Å². The van der Waals surface area contributed by atoms with Crippen molar-refractivity contribution in [1.29, 1.82) is 0 Å². The Hall–Kier alpha value is -1.58. The molecule has 0 N–H and O–H groups in total. The quantitative estimate of drug-likeness (QED) is 0.426. The van der Waals surface area contributed by atoms with Crippen molar-refractivity contribution >= 4 is 5.65 Å². The Bertz CT molecular complexity index is 406. The van der Waals surface area contributed by atoms with E-state index in [1.165, 1.54) is 0 Å². The highest BCUT2D eigenvalue weighted by atomic mass is 16.6. The van der Waals surface area contributed by atoms with Gasteiger partial charge in [0.25, 0.3) is 0 Å². The summed E-state index contributed by atoms with van der Waals surface area (Å²) in [5.74, 6) is 1.78. The first kappa shape index (κ1) is 4.27. The predicted octanol–water partition coefficient (Wildman–Crippen LogP) is 0.835. The second kappa shape index (κ2) is 1.13. The molecule has 0 unspecified atom stereocenters. The van der Waals surface area contributed by atoms with Crippen LogP contribution in [0.4, 0.5) is 0 Å². The molecule has 4 nitrogen and oxygen atoms in total. The fraction of sp³-hybridized carbons (Fsp3) is 0. The van der Waals surface area contributed by atoms with E-state index in [0.29, 0.717) is 0 Å². The minimum absolute atomic E-state index is 0.803. The Labute approximate surface area is 56.1 Å². The molecule has 2 aromatic heterocycles. The second-order valence-corrected chi connectivity index (χ2v) is 2.17. The summed E-state index contributed by atoms with van der Waals surface area (Å²) >= 11 is 0. The van der Waals surface area contributed by atoms with E-state index in [9.17, 15) is 0 Å². The maximum absolute atomic E-state index is 5.09. The Balaban J connectivity index is 2.64. The Morgan fingerprint density at radius 3 is 3.50 bits per heavy atom. The first-order chi connectivity index (χ1) is 4.95. The summed E-state index contributed by atoms with van der Waals surface area (Å²) in [6.07, 6.45) is 3.53. The van der Waals surface area contributed by atoms with Gasteiger partial charge in [0.2, 0.25) is 11.4 Å². The van der Waals surface area contributed by atoms with Crippen LogP contribution in [-0.2, 0) is 0 Å². The highest BCUT2D eigenvalue weighted by Crippen LogP contribution is 2.47. The highest BCUT2D eigenvalue weighted by molar-refractivity contribution is 5.70. The molecule has 1 aliphatic heterocycles. The molecule has 0 radical (unpaired) electrons. The summed E-state index contributed by atoms with van der Waals surface area (Å²) in [5, 5.41) is 7.59. The van der Waals surface area contributed by atoms with Crippen LogP contribution in [0.1, 0.15) is 0 Å². The van der Waals surface area contributed by atoms with Crippen LogP contribution in [0.3, 0.4) is 0 Å². The van der Waals surface area contributed by atoms with Crippen molar-refractivity contribution in [3.63, 3.8) is 0 Å². The normalized spacial score (nSPS) is 12.8. The second-order valence-electron chi connectivity index (χ2n) is 2.17. The number of aromatic nitrogens is 3. The molecular formula is C6H3N3O. The molecule has 0 bridgehead atoms. The SMILES string of the molecule is c1cn2cnnc2c2c1O2. The molecule has 0 amide bonds. The molecule has 0 aromatic carbocycles. The first-order valence-electron chi connectivity index (χ1n) is 2.95. The molecule has 2 aromatic rings. The minimum atomic E-state index is 0.803. The van der Waals surface area contributed by atoms with Crippen LogP contribution in [0, 0.1) is 0 Å². The summed E-state index contributed by atoms with van der Waals surface area (Å²) < 4.78 is 6.91. The number of fused-ring (bicyclic) bond motifs is 3. The van der Waals surface area contributed by atoms with Gasteiger partial charge >= 0.3 is 0 Å². The van der Waals surface area contributed by atoms with E-state index in [1.54, 1.807) is 6.33 Å². The van der Waals surface area contributed by atoms with Crippen molar-refractivity contribution in [3.05, 3.63) is 18.6 Å². The number of rotatable bonds is 0. The molecule has 48 valence electrons. The number of nitrogens with zero attached hydrogens (tertiary/aromatic N) is 3. The van der Waals surface area contributed by atoms with Crippen LogP contribution < -0.4 is 4.74 Å². The number of ether oxygens (including phenoxy) is 1. The maximum Gasteiger partial charge on any atom is 0.215 e. The fourth-order valence-corrected chi connectivity index (χ4v) is 1.01. The molecule has 0 spiro atoms. The average Bonchev–Trinajstić information content (AvgIpc) is 2.60. The monoisotopic (exact) mass is 133 g/mol. The molecular weight excluding hydrogens is 130 g/mol. The van der Waals surface area contributed by atoms with Gasteiger partial charge in [0.15, 0.2) is 5.75 Å². The zero-order chi connectivity index (χ0) is 6.55. The van der Waals surface area contributed by atoms with Gasteiger partial charge in [-0.1, -0.05) is 0 Å². The Morgan fingerprint density at radius 2 is 2.50 bits per heavy atom. The molecule has 3 rings (SSSR count). The van der Waals surface area contributed by atoms with E-state index in [0.717, 1.165) is 17.1 Å². The molecule has 10 heavy (non-hydrogen) atoms. The van der Waals surface area contributed by atoms with Crippen LogP contribution in [-0.4, -0.2) is 14.6 Å². The Kier molecular flexibility index (Phi) is 0.484. The molecule has 0 atom stereocenters. The summed E-state index contributed by atoms with van der Waals surface area (Å²) in [7, 11) is 0. The van der Waals surface area contributed by atoms with Gasteiger partial charge in [0, 0.05) is 12.3 Å². The van der Waals surface area contributed by atoms with E-state index in [-0.39, 0.29) is 0 Å². The standard InChI is InChI=1S/C6H3N3O/c1-2-9-3-7-8-6(9)5-4(1)10-5/h1-3H. The van der Waals surface area contributed by atoms with Crippen molar-refractivity contribution in [2.75, 3.05) is 0 Å². The topological polar surface area (TPSA) is 42.7 Å². The molecule has 0 saturated carbocycles. The van der Waals surface area contributed by atoms with Crippen LogP contribution in [0.25, 0.3) is 5.65 Å². The third kappa shape index (κ3) is 0.344. The average molecular weight is 133 g/mol. The van der Waals surface area contributed by atoms with Gasteiger partial charge in [0.05, 0.1) is 0 Å². The minimum Gasteiger partial charge on any atom is -0.445 e. The zero-order valence-electron chi connectivity index (χ0n) is 4.98. The van der Waals surface area contributed by atoms with E-state index in [2.05, 4.69) is 10.2 Å². The van der Waals surface area contributed by atoms with E-state index in [4.69, 9.17) is 4.74 Å². The summed E-state index contributed by atoms with van der Waals surface area (Å²) in [6, 6.07) is 1.89.